The third-order valence-electron chi connectivity index (χ3n) is 3.22. The van der Waals surface area contributed by atoms with E-state index in [-0.39, 0.29) is 6.10 Å². The Hall–Kier alpha value is -0.380. The molecule has 1 saturated carbocycles. The molecule has 1 aliphatic rings. The van der Waals surface area contributed by atoms with Crippen molar-refractivity contribution >= 4 is 11.3 Å². The molecule has 1 aromatic rings. The van der Waals surface area contributed by atoms with E-state index in [4.69, 9.17) is 0 Å². The van der Waals surface area contributed by atoms with Crippen molar-refractivity contribution in [2.45, 2.75) is 51.3 Å². The summed E-state index contributed by atoms with van der Waals surface area (Å²) in [4.78, 5) is 1.40. The van der Waals surface area contributed by atoms with Crippen LogP contribution in [0.4, 0.5) is 0 Å². The Balaban J connectivity index is 1.84. The third-order valence-corrected chi connectivity index (χ3v) is 4.25. The zero-order valence-electron chi connectivity index (χ0n) is 9.20. The molecule has 0 bridgehead atoms. The Labute approximate surface area is 95.3 Å². The van der Waals surface area contributed by atoms with E-state index in [0.717, 1.165) is 19.4 Å². The molecular formula is C12H19NOS. The summed E-state index contributed by atoms with van der Waals surface area (Å²) in [5, 5.41) is 15.4. The monoisotopic (exact) mass is 225 g/mol. The Morgan fingerprint density at radius 2 is 2.27 bits per heavy atom. The highest BCUT2D eigenvalue weighted by Crippen LogP contribution is 2.20. The second-order valence-corrected chi connectivity index (χ2v) is 5.37. The van der Waals surface area contributed by atoms with Gasteiger partial charge in [0.2, 0.25) is 0 Å². The fourth-order valence-corrected chi connectivity index (χ4v) is 3.02. The van der Waals surface area contributed by atoms with Gasteiger partial charge in [-0.15, -0.1) is 11.3 Å². The number of hydrogen-bond donors (Lipinski definition) is 2. The molecule has 1 aromatic heterocycles. The van der Waals surface area contributed by atoms with E-state index < -0.39 is 0 Å². The summed E-state index contributed by atoms with van der Waals surface area (Å²) < 4.78 is 0. The van der Waals surface area contributed by atoms with E-state index in [1.807, 2.05) is 0 Å². The first-order valence-electron chi connectivity index (χ1n) is 5.72. The summed E-state index contributed by atoms with van der Waals surface area (Å²) in [6.07, 6.45) is 4.36. The van der Waals surface area contributed by atoms with Gasteiger partial charge in [-0.3, -0.25) is 0 Å². The number of hydrogen-bond acceptors (Lipinski definition) is 3. The Morgan fingerprint density at radius 1 is 1.47 bits per heavy atom. The predicted octanol–water partition coefficient (Wildman–Crippen LogP) is 2.45. The molecule has 0 aromatic carbocycles. The van der Waals surface area contributed by atoms with E-state index in [1.54, 1.807) is 11.3 Å². The van der Waals surface area contributed by atoms with Gasteiger partial charge in [0, 0.05) is 17.5 Å². The molecule has 0 amide bonds. The molecule has 2 atom stereocenters. The van der Waals surface area contributed by atoms with Gasteiger partial charge in [0.05, 0.1) is 6.10 Å². The van der Waals surface area contributed by atoms with Gasteiger partial charge in [0.1, 0.15) is 0 Å². The average Bonchev–Trinajstić information content (AvgIpc) is 2.63. The highest BCUT2D eigenvalue weighted by atomic mass is 32.1. The number of rotatable bonds is 3. The molecule has 84 valence electrons. The van der Waals surface area contributed by atoms with Crippen molar-refractivity contribution in [3.8, 4) is 0 Å². The first kappa shape index (κ1) is 11.1. The minimum atomic E-state index is -0.140. The zero-order chi connectivity index (χ0) is 10.7. The van der Waals surface area contributed by atoms with Crippen LogP contribution in [0.3, 0.4) is 0 Å². The molecule has 2 N–H and O–H groups in total. The fourth-order valence-electron chi connectivity index (χ4n) is 2.16. The Bertz CT molecular complexity index is 310. The lowest BCUT2D eigenvalue weighted by Gasteiger charge is -2.28. The van der Waals surface area contributed by atoms with Crippen molar-refractivity contribution in [3.63, 3.8) is 0 Å². The maximum absolute atomic E-state index is 9.81. The van der Waals surface area contributed by atoms with Gasteiger partial charge in [0.25, 0.3) is 0 Å². The van der Waals surface area contributed by atoms with Crippen LogP contribution in [-0.2, 0) is 6.54 Å². The lowest BCUT2D eigenvalue weighted by Crippen LogP contribution is -2.41. The molecular weight excluding hydrogens is 206 g/mol. The molecule has 1 fully saturated rings. The van der Waals surface area contributed by atoms with Crippen LogP contribution in [0.25, 0.3) is 0 Å². The molecule has 2 unspecified atom stereocenters. The summed E-state index contributed by atoms with van der Waals surface area (Å²) >= 11 is 1.80. The van der Waals surface area contributed by atoms with Gasteiger partial charge in [0.15, 0.2) is 0 Å². The van der Waals surface area contributed by atoms with Crippen LogP contribution < -0.4 is 5.32 Å². The first-order chi connectivity index (χ1) is 7.27. The summed E-state index contributed by atoms with van der Waals surface area (Å²) in [6, 6.07) is 2.46. The van der Waals surface area contributed by atoms with Gasteiger partial charge in [-0.05, 0) is 36.8 Å². The first-order valence-corrected chi connectivity index (χ1v) is 6.60. The smallest absolute Gasteiger partial charge is 0.0693 e. The van der Waals surface area contributed by atoms with Crippen LogP contribution in [0, 0.1) is 6.92 Å². The van der Waals surface area contributed by atoms with Gasteiger partial charge >= 0.3 is 0 Å². The normalized spacial score (nSPS) is 26.8. The number of aryl methyl sites for hydroxylation is 1. The van der Waals surface area contributed by atoms with Crippen LogP contribution in [0.5, 0.6) is 0 Å². The van der Waals surface area contributed by atoms with Gasteiger partial charge < -0.3 is 10.4 Å². The minimum absolute atomic E-state index is 0.140. The summed E-state index contributed by atoms with van der Waals surface area (Å²) in [5.41, 5.74) is 1.36. The largest absolute Gasteiger partial charge is 0.392 e. The molecule has 3 heteroatoms. The van der Waals surface area contributed by atoms with Gasteiger partial charge in [-0.1, -0.05) is 12.8 Å². The van der Waals surface area contributed by atoms with E-state index >= 15 is 0 Å². The Kier molecular flexibility index (Phi) is 3.78. The van der Waals surface area contributed by atoms with Crippen molar-refractivity contribution in [3.05, 3.63) is 21.9 Å². The molecule has 0 saturated heterocycles. The van der Waals surface area contributed by atoms with E-state index in [0.29, 0.717) is 6.04 Å². The van der Waals surface area contributed by atoms with Crippen LogP contribution in [-0.4, -0.2) is 17.3 Å². The second-order valence-electron chi connectivity index (χ2n) is 4.37. The van der Waals surface area contributed by atoms with Crippen molar-refractivity contribution in [1.82, 2.24) is 5.32 Å². The average molecular weight is 225 g/mol. The molecule has 0 spiro atoms. The zero-order valence-corrected chi connectivity index (χ0v) is 10.0. The van der Waals surface area contributed by atoms with Crippen molar-refractivity contribution in [1.29, 1.82) is 0 Å². The van der Waals surface area contributed by atoms with Crippen LogP contribution >= 0.6 is 11.3 Å². The summed E-state index contributed by atoms with van der Waals surface area (Å²) in [7, 11) is 0. The number of aliphatic hydroxyl groups is 1. The molecule has 2 nitrogen and oxygen atoms in total. The van der Waals surface area contributed by atoms with Crippen LogP contribution in [0.15, 0.2) is 11.4 Å². The molecule has 1 heterocycles. The fraction of sp³-hybridized carbons (Fsp3) is 0.667. The van der Waals surface area contributed by atoms with Crippen molar-refractivity contribution in [2.24, 2.45) is 0 Å². The third kappa shape index (κ3) is 2.80. The molecule has 2 rings (SSSR count). The molecule has 1 aliphatic carbocycles. The van der Waals surface area contributed by atoms with E-state index in [1.165, 1.54) is 23.3 Å². The van der Waals surface area contributed by atoms with Crippen molar-refractivity contribution < 1.29 is 5.11 Å². The lowest BCUT2D eigenvalue weighted by molar-refractivity contribution is 0.0904. The maximum Gasteiger partial charge on any atom is 0.0693 e. The minimum Gasteiger partial charge on any atom is -0.392 e. The standard InChI is InChI=1S/C12H19NOS/c1-9-6-7-15-12(9)8-13-10-4-2-3-5-11(10)14/h6-7,10-11,13-14H,2-5,8H2,1H3. The molecule has 0 aliphatic heterocycles. The topological polar surface area (TPSA) is 32.3 Å². The van der Waals surface area contributed by atoms with Gasteiger partial charge in [-0.2, -0.15) is 0 Å². The van der Waals surface area contributed by atoms with E-state index in [2.05, 4.69) is 23.7 Å². The van der Waals surface area contributed by atoms with Crippen LogP contribution in [0.1, 0.15) is 36.1 Å². The SMILES string of the molecule is Cc1ccsc1CNC1CCCCC1O. The highest BCUT2D eigenvalue weighted by molar-refractivity contribution is 7.10. The number of nitrogens with one attached hydrogen (secondary N) is 1. The second kappa shape index (κ2) is 5.10. The van der Waals surface area contributed by atoms with Crippen LogP contribution in [0.2, 0.25) is 0 Å². The summed E-state index contributed by atoms with van der Waals surface area (Å²) in [6.45, 7) is 3.05. The lowest BCUT2D eigenvalue weighted by atomic mass is 9.92. The molecule has 15 heavy (non-hydrogen) atoms. The van der Waals surface area contributed by atoms with E-state index in [9.17, 15) is 5.11 Å². The number of aliphatic hydroxyl groups excluding tert-OH is 1. The number of thiophene rings is 1. The predicted molar refractivity (Wildman–Crippen MR) is 64.2 cm³/mol. The summed E-state index contributed by atoms with van der Waals surface area (Å²) in [5.74, 6) is 0. The Morgan fingerprint density at radius 3 is 2.93 bits per heavy atom. The van der Waals surface area contributed by atoms with Crippen molar-refractivity contribution in [2.75, 3.05) is 0 Å². The molecule has 0 radical (unpaired) electrons. The van der Waals surface area contributed by atoms with Gasteiger partial charge in [-0.25, -0.2) is 0 Å². The maximum atomic E-state index is 9.81. The highest BCUT2D eigenvalue weighted by Gasteiger charge is 2.22. The quantitative estimate of drug-likeness (QED) is 0.828.